The van der Waals surface area contributed by atoms with Crippen molar-refractivity contribution in [2.75, 3.05) is 31.9 Å². The zero-order valence-corrected chi connectivity index (χ0v) is 17.8. The molecule has 0 unspecified atom stereocenters. The summed E-state index contributed by atoms with van der Waals surface area (Å²) in [7, 11) is -4.30. The zero-order chi connectivity index (χ0) is 21.2. The van der Waals surface area contributed by atoms with E-state index in [-0.39, 0.29) is 37.8 Å². The minimum Gasteiger partial charge on any atom is -0.339 e. The number of carbonyl (C=O) groups is 1. The fraction of sp³-hybridized carbons (Fsp3) is 0.350. The van der Waals surface area contributed by atoms with Gasteiger partial charge in [0, 0.05) is 31.1 Å². The van der Waals surface area contributed by atoms with Crippen LogP contribution in [-0.4, -0.2) is 55.5 Å². The number of thioether (sulfide) groups is 1. The normalized spacial score (nSPS) is 15.5. The van der Waals surface area contributed by atoms with Gasteiger partial charge in [-0.25, -0.2) is 17.2 Å². The summed E-state index contributed by atoms with van der Waals surface area (Å²) in [5, 5.41) is 0. The number of piperazine rings is 1. The number of benzene rings is 2. The van der Waals surface area contributed by atoms with E-state index < -0.39 is 26.6 Å². The Balaban J connectivity index is 1.61. The Labute approximate surface area is 173 Å². The lowest BCUT2D eigenvalue weighted by atomic mass is 10.2. The van der Waals surface area contributed by atoms with Gasteiger partial charge in [-0.15, -0.1) is 11.8 Å². The highest BCUT2D eigenvalue weighted by atomic mass is 32.2. The molecule has 0 aliphatic carbocycles. The number of hydrogen-bond acceptors (Lipinski definition) is 4. The molecular formula is C20H22F2N2O3S2. The van der Waals surface area contributed by atoms with Crippen LogP contribution < -0.4 is 0 Å². The molecule has 1 fully saturated rings. The number of halogens is 2. The first-order chi connectivity index (χ1) is 13.7. The predicted molar refractivity (Wildman–Crippen MR) is 108 cm³/mol. The molecule has 0 N–H and O–H groups in total. The first-order valence-corrected chi connectivity index (χ1v) is 11.5. The Bertz CT molecular complexity index is 1000. The molecule has 1 amide bonds. The van der Waals surface area contributed by atoms with Crippen molar-refractivity contribution in [3.63, 3.8) is 0 Å². The van der Waals surface area contributed by atoms with Crippen LogP contribution in [0.25, 0.3) is 0 Å². The van der Waals surface area contributed by atoms with Crippen molar-refractivity contribution in [2.24, 2.45) is 0 Å². The molecule has 0 bridgehead atoms. The number of hydrogen-bond donors (Lipinski definition) is 0. The number of nitrogens with zero attached hydrogens (tertiary/aromatic N) is 2. The van der Waals surface area contributed by atoms with Crippen LogP contribution in [0.4, 0.5) is 8.78 Å². The number of aryl methyl sites for hydroxylation is 2. The lowest BCUT2D eigenvalue weighted by molar-refractivity contribution is -0.129. The van der Waals surface area contributed by atoms with E-state index in [0.717, 1.165) is 38.5 Å². The van der Waals surface area contributed by atoms with E-state index in [4.69, 9.17) is 0 Å². The molecule has 0 aromatic heterocycles. The molecule has 29 heavy (non-hydrogen) atoms. The Morgan fingerprint density at radius 1 is 1.03 bits per heavy atom. The molecule has 0 radical (unpaired) electrons. The van der Waals surface area contributed by atoms with Crippen molar-refractivity contribution in [3.8, 4) is 0 Å². The van der Waals surface area contributed by atoms with Crippen molar-refractivity contribution in [2.45, 2.75) is 23.6 Å². The minimum absolute atomic E-state index is 0.00398. The highest BCUT2D eigenvalue weighted by Gasteiger charge is 2.34. The van der Waals surface area contributed by atoms with E-state index in [9.17, 15) is 22.0 Å². The van der Waals surface area contributed by atoms with E-state index >= 15 is 0 Å². The Hall–Kier alpha value is -1.97. The topological polar surface area (TPSA) is 57.7 Å². The van der Waals surface area contributed by atoms with Gasteiger partial charge in [-0.2, -0.15) is 4.31 Å². The SMILES string of the molecule is Cc1ccc(C)c(SCC(=O)N2CCN(S(=O)(=O)c3c(F)cccc3F)CC2)c1. The summed E-state index contributed by atoms with van der Waals surface area (Å²) in [4.78, 5) is 14.2. The molecule has 0 atom stereocenters. The smallest absolute Gasteiger partial charge is 0.249 e. The van der Waals surface area contributed by atoms with Crippen LogP contribution in [0.5, 0.6) is 0 Å². The van der Waals surface area contributed by atoms with Gasteiger partial charge in [0.2, 0.25) is 15.9 Å². The standard InChI is InChI=1S/C20H22F2N2O3S2/c1-14-6-7-15(2)18(12-14)28-13-19(25)23-8-10-24(11-9-23)29(26,27)20-16(21)4-3-5-17(20)22/h3-7,12H,8-11,13H2,1-2H3. The van der Waals surface area contributed by atoms with E-state index in [0.29, 0.717) is 0 Å². The van der Waals surface area contributed by atoms with Crippen molar-refractivity contribution >= 4 is 27.7 Å². The second kappa shape index (κ2) is 8.81. The number of amides is 1. The second-order valence-electron chi connectivity index (χ2n) is 6.89. The summed E-state index contributed by atoms with van der Waals surface area (Å²) in [5.74, 6) is -2.08. The summed E-state index contributed by atoms with van der Waals surface area (Å²) < 4.78 is 54.1. The molecule has 5 nitrogen and oxygen atoms in total. The molecule has 1 heterocycles. The van der Waals surface area contributed by atoms with E-state index in [1.54, 1.807) is 4.90 Å². The maximum atomic E-state index is 13.9. The fourth-order valence-electron chi connectivity index (χ4n) is 3.13. The lowest BCUT2D eigenvalue weighted by Gasteiger charge is -2.34. The van der Waals surface area contributed by atoms with Gasteiger partial charge < -0.3 is 4.90 Å². The number of rotatable bonds is 5. The average Bonchev–Trinajstić information content (AvgIpc) is 2.68. The third kappa shape index (κ3) is 4.79. The van der Waals surface area contributed by atoms with Crippen LogP contribution >= 0.6 is 11.8 Å². The quantitative estimate of drug-likeness (QED) is 0.670. The molecule has 0 saturated carbocycles. The van der Waals surface area contributed by atoms with Gasteiger partial charge in [-0.3, -0.25) is 4.79 Å². The predicted octanol–water partition coefficient (Wildman–Crippen LogP) is 3.21. The Kier molecular flexibility index (Phi) is 6.60. The maximum absolute atomic E-state index is 13.9. The van der Waals surface area contributed by atoms with Crippen molar-refractivity contribution in [3.05, 3.63) is 59.2 Å². The van der Waals surface area contributed by atoms with E-state index in [1.807, 2.05) is 32.0 Å². The van der Waals surface area contributed by atoms with Crippen molar-refractivity contribution in [1.82, 2.24) is 9.21 Å². The van der Waals surface area contributed by atoms with Gasteiger partial charge in [0.25, 0.3) is 0 Å². The van der Waals surface area contributed by atoms with Crippen LogP contribution in [0.3, 0.4) is 0 Å². The monoisotopic (exact) mass is 440 g/mol. The van der Waals surface area contributed by atoms with Gasteiger partial charge in [0.05, 0.1) is 5.75 Å². The molecule has 3 rings (SSSR count). The molecule has 9 heteroatoms. The van der Waals surface area contributed by atoms with Crippen LogP contribution in [-0.2, 0) is 14.8 Å². The molecule has 2 aromatic rings. The van der Waals surface area contributed by atoms with E-state index in [2.05, 4.69) is 0 Å². The summed E-state index contributed by atoms with van der Waals surface area (Å²) in [6.45, 7) is 4.33. The van der Waals surface area contributed by atoms with Crippen LogP contribution in [0, 0.1) is 25.5 Å². The first kappa shape index (κ1) is 21.7. The van der Waals surface area contributed by atoms with Gasteiger partial charge >= 0.3 is 0 Å². The van der Waals surface area contributed by atoms with Gasteiger partial charge in [0.15, 0.2) is 4.90 Å². The zero-order valence-electron chi connectivity index (χ0n) is 16.2. The van der Waals surface area contributed by atoms with Gasteiger partial charge in [0.1, 0.15) is 11.6 Å². The van der Waals surface area contributed by atoms with Crippen molar-refractivity contribution in [1.29, 1.82) is 0 Å². The summed E-state index contributed by atoms with van der Waals surface area (Å²) in [6.07, 6.45) is 0. The Morgan fingerprint density at radius 3 is 2.28 bits per heavy atom. The molecular weight excluding hydrogens is 418 g/mol. The van der Waals surface area contributed by atoms with Gasteiger partial charge in [-0.05, 0) is 37.6 Å². The minimum atomic E-state index is -4.30. The lowest BCUT2D eigenvalue weighted by Crippen LogP contribution is -2.51. The molecule has 1 saturated heterocycles. The average molecular weight is 441 g/mol. The summed E-state index contributed by atoms with van der Waals surface area (Å²) in [6, 6.07) is 9.00. The third-order valence-electron chi connectivity index (χ3n) is 4.80. The second-order valence-corrected chi connectivity index (χ2v) is 9.79. The molecule has 0 spiro atoms. The molecule has 2 aromatic carbocycles. The van der Waals surface area contributed by atoms with E-state index in [1.165, 1.54) is 11.8 Å². The van der Waals surface area contributed by atoms with Crippen LogP contribution in [0.2, 0.25) is 0 Å². The fourth-order valence-corrected chi connectivity index (χ4v) is 5.69. The maximum Gasteiger partial charge on any atom is 0.249 e. The molecule has 1 aliphatic heterocycles. The number of carbonyl (C=O) groups excluding carboxylic acids is 1. The largest absolute Gasteiger partial charge is 0.339 e. The first-order valence-electron chi connectivity index (χ1n) is 9.12. The third-order valence-corrected chi connectivity index (χ3v) is 7.90. The summed E-state index contributed by atoms with van der Waals surface area (Å²) in [5.41, 5.74) is 2.21. The van der Waals surface area contributed by atoms with Crippen LogP contribution in [0.15, 0.2) is 46.2 Å². The highest BCUT2D eigenvalue weighted by molar-refractivity contribution is 8.00. The van der Waals surface area contributed by atoms with Crippen molar-refractivity contribution < 1.29 is 22.0 Å². The van der Waals surface area contributed by atoms with Gasteiger partial charge in [-0.1, -0.05) is 23.8 Å². The Morgan fingerprint density at radius 2 is 1.66 bits per heavy atom. The number of sulfonamides is 1. The highest BCUT2D eigenvalue weighted by Crippen LogP contribution is 2.26. The van der Waals surface area contributed by atoms with Crippen LogP contribution in [0.1, 0.15) is 11.1 Å². The molecule has 156 valence electrons. The molecule has 1 aliphatic rings. The summed E-state index contributed by atoms with van der Waals surface area (Å²) >= 11 is 1.45.